The van der Waals surface area contributed by atoms with Crippen LogP contribution in [0, 0.1) is 6.92 Å². The van der Waals surface area contributed by atoms with Crippen LogP contribution in [0.2, 0.25) is 0 Å². The number of nitrogens with zero attached hydrogens (tertiary/aromatic N) is 2. The van der Waals surface area contributed by atoms with E-state index in [1.807, 2.05) is 45.0 Å². The van der Waals surface area contributed by atoms with Gasteiger partial charge in [-0.05, 0) is 27.2 Å². The van der Waals surface area contributed by atoms with Gasteiger partial charge >= 0.3 is 0 Å². The van der Waals surface area contributed by atoms with E-state index in [-0.39, 0.29) is 35.8 Å². The molecule has 0 radical (unpaired) electrons. The standard InChI is InChI=1S/C19H28N4O3S.HI/c1-5-20-19(23-15(3)10-11-27(4,24)25)22-13-18-21-12-17(26-18)16-8-6-14(2)7-9-16;/h6-9,12,15H,5,10-11,13H2,1-4H3,(H2,20,22,23);1H. The van der Waals surface area contributed by atoms with Gasteiger partial charge in [-0.3, -0.25) is 0 Å². The third-order valence-electron chi connectivity index (χ3n) is 3.91. The van der Waals surface area contributed by atoms with Crippen molar-refractivity contribution in [3.05, 3.63) is 41.9 Å². The van der Waals surface area contributed by atoms with Crippen molar-refractivity contribution in [2.24, 2.45) is 4.99 Å². The van der Waals surface area contributed by atoms with Crippen LogP contribution < -0.4 is 10.6 Å². The zero-order valence-electron chi connectivity index (χ0n) is 16.7. The molecule has 2 aromatic rings. The number of rotatable bonds is 8. The summed E-state index contributed by atoms with van der Waals surface area (Å²) >= 11 is 0. The third-order valence-corrected chi connectivity index (χ3v) is 4.89. The second-order valence-electron chi connectivity index (χ2n) is 6.64. The first-order chi connectivity index (χ1) is 12.8. The predicted octanol–water partition coefficient (Wildman–Crippen LogP) is 3.15. The molecule has 1 aromatic heterocycles. The molecule has 2 rings (SSSR count). The highest BCUT2D eigenvalue weighted by Gasteiger charge is 2.10. The van der Waals surface area contributed by atoms with Crippen molar-refractivity contribution in [1.82, 2.24) is 15.6 Å². The average molecular weight is 520 g/mol. The molecule has 1 unspecified atom stereocenters. The Kier molecular flexibility index (Phi) is 9.94. The zero-order chi connectivity index (χ0) is 19.9. The van der Waals surface area contributed by atoms with E-state index < -0.39 is 9.84 Å². The van der Waals surface area contributed by atoms with E-state index in [4.69, 9.17) is 4.42 Å². The van der Waals surface area contributed by atoms with Gasteiger partial charge in [0.2, 0.25) is 5.89 Å². The summed E-state index contributed by atoms with van der Waals surface area (Å²) in [6, 6.07) is 8.03. The van der Waals surface area contributed by atoms with Crippen molar-refractivity contribution in [2.75, 3.05) is 18.6 Å². The van der Waals surface area contributed by atoms with Gasteiger partial charge in [-0.2, -0.15) is 0 Å². The molecule has 28 heavy (non-hydrogen) atoms. The van der Waals surface area contributed by atoms with Crippen LogP contribution in [-0.2, 0) is 16.4 Å². The summed E-state index contributed by atoms with van der Waals surface area (Å²) in [5.41, 5.74) is 2.16. The van der Waals surface area contributed by atoms with Gasteiger partial charge in [0.1, 0.15) is 16.4 Å². The molecular formula is C19H29IN4O3S. The molecule has 7 nitrogen and oxygen atoms in total. The van der Waals surface area contributed by atoms with Crippen molar-refractivity contribution in [1.29, 1.82) is 0 Å². The summed E-state index contributed by atoms with van der Waals surface area (Å²) in [5.74, 6) is 1.97. The monoisotopic (exact) mass is 520 g/mol. The molecule has 0 aliphatic rings. The van der Waals surface area contributed by atoms with E-state index in [9.17, 15) is 8.42 Å². The lowest BCUT2D eigenvalue weighted by Crippen LogP contribution is -2.42. The maximum Gasteiger partial charge on any atom is 0.216 e. The Labute approximate surface area is 184 Å². The van der Waals surface area contributed by atoms with Crippen LogP contribution in [0.25, 0.3) is 11.3 Å². The van der Waals surface area contributed by atoms with Crippen LogP contribution >= 0.6 is 24.0 Å². The van der Waals surface area contributed by atoms with E-state index in [1.165, 1.54) is 11.8 Å². The fourth-order valence-electron chi connectivity index (χ4n) is 2.40. The van der Waals surface area contributed by atoms with Gasteiger partial charge in [0.15, 0.2) is 11.7 Å². The lowest BCUT2D eigenvalue weighted by molar-refractivity contribution is 0.508. The molecule has 0 spiro atoms. The number of hydrogen-bond acceptors (Lipinski definition) is 5. The number of hydrogen-bond donors (Lipinski definition) is 2. The molecule has 0 aliphatic heterocycles. The number of nitrogens with one attached hydrogen (secondary N) is 2. The summed E-state index contributed by atoms with van der Waals surface area (Å²) in [6.07, 6.45) is 3.46. The maximum atomic E-state index is 11.3. The Hall–Kier alpha value is -1.62. The molecular weight excluding hydrogens is 491 g/mol. The number of guanidine groups is 1. The Balaban J connectivity index is 0.00000392. The van der Waals surface area contributed by atoms with E-state index in [0.717, 1.165) is 5.56 Å². The Morgan fingerprint density at radius 3 is 2.57 bits per heavy atom. The molecule has 0 amide bonds. The first-order valence-electron chi connectivity index (χ1n) is 9.01. The molecule has 1 aromatic carbocycles. The molecule has 0 saturated carbocycles. The highest BCUT2D eigenvalue weighted by atomic mass is 127. The van der Waals surface area contributed by atoms with Gasteiger partial charge in [0.05, 0.1) is 11.9 Å². The topological polar surface area (TPSA) is 96.6 Å². The lowest BCUT2D eigenvalue weighted by Gasteiger charge is -2.17. The first-order valence-corrected chi connectivity index (χ1v) is 11.1. The summed E-state index contributed by atoms with van der Waals surface area (Å²) in [6.45, 7) is 6.93. The SMILES string of the molecule is CCNC(=NCc1ncc(-c2ccc(C)cc2)o1)NC(C)CCS(C)(=O)=O.I. The van der Waals surface area contributed by atoms with E-state index in [0.29, 0.717) is 37.1 Å². The quantitative estimate of drug-likeness (QED) is 0.316. The molecule has 2 N–H and O–H groups in total. The number of sulfone groups is 1. The van der Waals surface area contributed by atoms with Gasteiger partial charge in [0.25, 0.3) is 0 Å². The van der Waals surface area contributed by atoms with Gasteiger partial charge in [-0.25, -0.2) is 18.4 Å². The van der Waals surface area contributed by atoms with Crippen molar-refractivity contribution in [3.8, 4) is 11.3 Å². The fourth-order valence-corrected chi connectivity index (χ4v) is 3.18. The first kappa shape index (κ1) is 24.4. The molecule has 1 heterocycles. The van der Waals surface area contributed by atoms with Crippen LogP contribution in [0.1, 0.15) is 31.7 Å². The van der Waals surface area contributed by atoms with Crippen LogP contribution in [0.3, 0.4) is 0 Å². The van der Waals surface area contributed by atoms with Gasteiger partial charge in [-0.1, -0.05) is 29.8 Å². The van der Waals surface area contributed by atoms with Crippen molar-refractivity contribution >= 4 is 39.8 Å². The number of oxazole rings is 1. The largest absolute Gasteiger partial charge is 0.439 e. The number of aryl methyl sites for hydroxylation is 1. The molecule has 0 aliphatic carbocycles. The third kappa shape index (κ3) is 8.59. The normalized spacial score (nSPS) is 12.9. The zero-order valence-corrected chi connectivity index (χ0v) is 19.9. The smallest absolute Gasteiger partial charge is 0.216 e. The number of benzene rings is 1. The van der Waals surface area contributed by atoms with Crippen LogP contribution in [-0.4, -0.2) is 44.0 Å². The van der Waals surface area contributed by atoms with Gasteiger partial charge < -0.3 is 15.1 Å². The fraction of sp³-hybridized carbons (Fsp3) is 0.474. The van der Waals surface area contributed by atoms with Crippen LogP contribution in [0.4, 0.5) is 0 Å². The highest BCUT2D eigenvalue weighted by Crippen LogP contribution is 2.20. The second-order valence-corrected chi connectivity index (χ2v) is 8.90. The van der Waals surface area contributed by atoms with E-state index >= 15 is 0 Å². The van der Waals surface area contributed by atoms with Gasteiger partial charge in [0, 0.05) is 24.4 Å². The van der Waals surface area contributed by atoms with Crippen molar-refractivity contribution in [2.45, 2.75) is 39.8 Å². The minimum Gasteiger partial charge on any atom is -0.439 e. The maximum absolute atomic E-state index is 11.3. The Morgan fingerprint density at radius 1 is 1.29 bits per heavy atom. The molecule has 0 bridgehead atoms. The summed E-state index contributed by atoms with van der Waals surface area (Å²) in [4.78, 5) is 8.76. The molecule has 9 heteroatoms. The van der Waals surface area contributed by atoms with Crippen LogP contribution in [0.15, 0.2) is 39.9 Å². The average Bonchev–Trinajstić information content (AvgIpc) is 3.07. The minimum atomic E-state index is -2.97. The van der Waals surface area contributed by atoms with E-state index in [2.05, 4.69) is 20.6 Å². The Bertz CT molecular complexity index is 864. The second kappa shape index (κ2) is 11.4. The number of aliphatic imine (C=N–C) groups is 1. The van der Waals surface area contributed by atoms with E-state index in [1.54, 1.807) is 6.20 Å². The van der Waals surface area contributed by atoms with Crippen LogP contribution in [0.5, 0.6) is 0 Å². The van der Waals surface area contributed by atoms with Crippen molar-refractivity contribution in [3.63, 3.8) is 0 Å². The summed E-state index contributed by atoms with van der Waals surface area (Å²) in [5, 5.41) is 6.36. The van der Waals surface area contributed by atoms with Gasteiger partial charge in [-0.15, -0.1) is 24.0 Å². The lowest BCUT2D eigenvalue weighted by atomic mass is 10.1. The molecule has 0 saturated heterocycles. The highest BCUT2D eigenvalue weighted by molar-refractivity contribution is 14.0. The Morgan fingerprint density at radius 2 is 1.96 bits per heavy atom. The molecule has 156 valence electrons. The predicted molar refractivity (Wildman–Crippen MR) is 124 cm³/mol. The number of halogens is 1. The van der Waals surface area contributed by atoms with Crippen molar-refractivity contribution < 1.29 is 12.8 Å². The molecule has 1 atom stereocenters. The summed E-state index contributed by atoms with van der Waals surface area (Å²) in [7, 11) is -2.97. The molecule has 0 fully saturated rings. The minimum absolute atomic E-state index is 0. The summed E-state index contributed by atoms with van der Waals surface area (Å²) < 4.78 is 28.4. The number of aromatic nitrogens is 1.